The third-order valence-electron chi connectivity index (χ3n) is 5.84. The van der Waals surface area contributed by atoms with Crippen molar-refractivity contribution in [1.29, 1.82) is 0 Å². The Kier molecular flexibility index (Phi) is 4.56. The van der Waals surface area contributed by atoms with E-state index in [0.29, 0.717) is 12.1 Å². The lowest BCUT2D eigenvalue weighted by Crippen LogP contribution is -2.45. The summed E-state index contributed by atoms with van der Waals surface area (Å²) in [5.74, 6) is -0.0323. The number of pyridine rings is 1. The maximum Gasteiger partial charge on any atom is 0.253 e. The zero-order valence-corrected chi connectivity index (χ0v) is 15.9. The summed E-state index contributed by atoms with van der Waals surface area (Å²) in [7, 11) is 0. The molecule has 144 valence electrons. The Morgan fingerprint density at radius 3 is 2.61 bits per heavy atom. The number of carbonyl (C=O) groups excluding carboxylic acids is 1. The molecule has 28 heavy (non-hydrogen) atoms. The van der Waals surface area contributed by atoms with E-state index in [0.717, 1.165) is 43.0 Å². The maximum absolute atomic E-state index is 12.7. The van der Waals surface area contributed by atoms with Gasteiger partial charge < -0.3 is 10.2 Å². The summed E-state index contributed by atoms with van der Waals surface area (Å²) in [6, 6.07) is 13.2. The van der Waals surface area contributed by atoms with Gasteiger partial charge in [0.25, 0.3) is 5.91 Å². The fourth-order valence-electron chi connectivity index (χ4n) is 4.09. The van der Waals surface area contributed by atoms with Gasteiger partial charge >= 0.3 is 0 Å². The molecule has 5 rings (SSSR count). The van der Waals surface area contributed by atoms with Crippen molar-refractivity contribution in [3.05, 3.63) is 59.9 Å². The predicted octanol–water partition coefficient (Wildman–Crippen LogP) is 2.84. The van der Waals surface area contributed by atoms with Crippen LogP contribution >= 0.6 is 0 Å². The first kappa shape index (κ1) is 17.4. The number of rotatable bonds is 5. The lowest BCUT2D eigenvalue weighted by atomic mass is 10.0. The maximum atomic E-state index is 12.7. The Labute approximate surface area is 164 Å². The highest BCUT2D eigenvalue weighted by Gasteiger charge is 2.32. The number of benzene rings is 1. The summed E-state index contributed by atoms with van der Waals surface area (Å²) in [4.78, 5) is 19.8. The van der Waals surface area contributed by atoms with Gasteiger partial charge in [0.05, 0.1) is 18.3 Å². The van der Waals surface area contributed by atoms with Crippen LogP contribution in [0.3, 0.4) is 0 Å². The third-order valence-corrected chi connectivity index (χ3v) is 5.84. The number of fused-ring (bicyclic) bond motifs is 1. The van der Waals surface area contributed by atoms with E-state index in [-0.39, 0.29) is 11.9 Å². The first-order valence-corrected chi connectivity index (χ1v) is 10.2. The first-order valence-electron chi connectivity index (χ1n) is 10.2. The van der Waals surface area contributed by atoms with Crippen molar-refractivity contribution in [3.63, 3.8) is 0 Å². The number of aromatic nitrogens is 3. The van der Waals surface area contributed by atoms with Crippen LogP contribution in [0.5, 0.6) is 0 Å². The van der Waals surface area contributed by atoms with Crippen molar-refractivity contribution >= 4 is 16.9 Å². The predicted molar refractivity (Wildman–Crippen MR) is 108 cm³/mol. The van der Waals surface area contributed by atoms with Crippen LogP contribution < -0.4 is 5.32 Å². The zero-order valence-electron chi connectivity index (χ0n) is 15.9. The number of hydrogen-bond acceptors (Lipinski definition) is 4. The molecule has 1 saturated carbocycles. The van der Waals surface area contributed by atoms with Crippen LogP contribution in [0.2, 0.25) is 0 Å². The minimum Gasteiger partial charge on any atom is -0.349 e. The van der Waals surface area contributed by atoms with Crippen LogP contribution in [-0.2, 0) is 6.54 Å². The molecule has 1 aliphatic carbocycles. The lowest BCUT2D eigenvalue weighted by Gasteiger charge is -2.32. The van der Waals surface area contributed by atoms with Gasteiger partial charge in [0.15, 0.2) is 5.65 Å². The first-order chi connectivity index (χ1) is 13.8. The molecule has 0 radical (unpaired) electrons. The van der Waals surface area contributed by atoms with Gasteiger partial charge in [-0.2, -0.15) is 5.10 Å². The second kappa shape index (κ2) is 7.36. The zero-order chi connectivity index (χ0) is 18.9. The van der Waals surface area contributed by atoms with Crippen molar-refractivity contribution < 1.29 is 4.79 Å². The molecular formula is C22H25N5O. The molecule has 6 heteroatoms. The molecule has 3 aromatic rings. The number of piperidine rings is 1. The van der Waals surface area contributed by atoms with Gasteiger partial charge in [-0.3, -0.25) is 4.79 Å². The molecule has 2 aliphatic rings. The topological polar surface area (TPSA) is 63.1 Å². The summed E-state index contributed by atoms with van der Waals surface area (Å²) in [6.07, 6.45) is 8.22. The molecule has 3 heterocycles. The minimum atomic E-state index is -0.0323. The van der Waals surface area contributed by atoms with E-state index in [9.17, 15) is 4.79 Å². The number of likely N-dealkylation sites (tertiary alicyclic amines) is 1. The lowest BCUT2D eigenvalue weighted by molar-refractivity contribution is 0.0909. The number of nitrogens with zero attached hydrogens (tertiary/aromatic N) is 4. The van der Waals surface area contributed by atoms with E-state index >= 15 is 0 Å². The molecule has 0 atom stereocenters. The van der Waals surface area contributed by atoms with Crippen molar-refractivity contribution in [2.24, 2.45) is 0 Å². The molecule has 1 saturated heterocycles. The Morgan fingerprint density at radius 2 is 1.86 bits per heavy atom. The number of carbonyl (C=O) groups is 1. The molecular weight excluding hydrogens is 350 g/mol. The van der Waals surface area contributed by atoms with E-state index in [2.05, 4.69) is 32.4 Å². The molecule has 0 unspecified atom stereocenters. The monoisotopic (exact) mass is 375 g/mol. The van der Waals surface area contributed by atoms with Gasteiger partial charge in [-0.25, -0.2) is 9.67 Å². The molecule has 1 aromatic carbocycles. The fourth-order valence-corrected chi connectivity index (χ4v) is 4.09. The molecule has 0 bridgehead atoms. The molecule has 1 aliphatic heterocycles. The molecule has 0 spiro atoms. The van der Waals surface area contributed by atoms with Gasteiger partial charge in [-0.1, -0.05) is 30.3 Å². The average Bonchev–Trinajstić information content (AvgIpc) is 3.51. The second-order valence-corrected chi connectivity index (χ2v) is 7.94. The Morgan fingerprint density at radius 1 is 1.07 bits per heavy atom. The summed E-state index contributed by atoms with van der Waals surface area (Å²) in [5, 5.41) is 8.54. The van der Waals surface area contributed by atoms with Crippen LogP contribution in [0.25, 0.3) is 11.0 Å². The van der Waals surface area contributed by atoms with Gasteiger partial charge in [0.1, 0.15) is 0 Å². The van der Waals surface area contributed by atoms with Crippen molar-refractivity contribution in [3.8, 4) is 0 Å². The minimum absolute atomic E-state index is 0.0323. The smallest absolute Gasteiger partial charge is 0.253 e. The Hall–Kier alpha value is -2.73. The average molecular weight is 375 g/mol. The standard InChI is InChI=1S/C22H25N5O/c28-22(25-19-8-10-26(11-9-19)20-6-7-20)18-12-17-14-24-27(21(17)23-13-18)15-16-4-2-1-3-5-16/h1-5,12-14,19-20H,6-11,15H2,(H,25,28). The van der Waals surface area contributed by atoms with E-state index in [1.54, 1.807) is 12.4 Å². The van der Waals surface area contributed by atoms with E-state index in [1.807, 2.05) is 28.9 Å². The van der Waals surface area contributed by atoms with Crippen LogP contribution in [0, 0.1) is 0 Å². The summed E-state index contributed by atoms with van der Waals surface area (Å²) in [5.41, 5.74) is 2.59. The molecule has 1 N–H and O–H groups in total. The quantitative estimate of drug-likeness (QED) is 0.745. The van der Waals surface area contributed by atoms with Crippen LogP contribution in [-0.4, -0.2) is 50.7 Å². The van der Waals surface area contributed by atoms with Gasteiger partial charge in [-0.05, 0) is 37.3 Å². The third kappa shape index (κ3) is 3.64. The highest BCUT2D eigenvalue weighted by atomic mass is 16.1. The largest absolute Gasteiger partial charge is 0.349 e. The van der Waals surface area contributed by atoms with Crippen LogP contribution in [0.4, 0.5) is 0 Å². The van der Waals surface area contributed by atoms with Crippen LogP contribution in [0.1, 0.15) is 41.6 Å². The van der Waals surface area contributed by atoms with Crippen LogP contribution in [0.15, 0.2) is 48.8 Å². The Balaban J connectivity index is 1.25. The Bertz CT molecular complexity index is 971. The van der Waals surface area contributed by atoms with Crippen molar-refractivity contribution in [1.82, 2.24) is 25.0 Å². The normalized spacial score (nSPS) is 18.4. The highest BCUT2D eigenvalue weighted by Crippen LogP contribution is 2.29. The van der Waals surface area contributed by atoms with Gasteiger partial charge in [0.2, 0.25) is 0 Å². The summed E-state index contributed by atoms with van der Waals surface area (Å²) >= 11 is 0. The fraction of sp³-hybridized carbons (Fsp3) is 0.409. The second-order valence-electron chi connectivity index (χ2n) is 7.94. The van der Waals surface area contributed by atoms with Crippen molar-refractivity contribution in [2.75, 3.05) is 13.1 Å². The SMILES string of the molecule is O=C(NC1CCN(C2CC2)CC1)c1cnc2c(cnn2Cc2ccccc2)c1. The number of nitrogens with one attached hydrogen (secondary N) is 1. The van der Waals surface area contributed by atoms with Gasteiger partial charge in [-0.15, -0.1) is 0 Å². The molecule has 6 nitrogen and oxygen atoms in total. The molecule has 2 aromatic heterocycles. The summed E-state index contributed by atoms with van der Waals surface area (Å²) < 4.78 is 1.87. The number of amides is 1. The number of hydrogen-bond donors (Lipinski definition) is 1. The van der Waals surface area contributed by atoms with Crippen molar-refractivity contribution in [2.45, 2.75) is 44.3 Å². The van der Waals surface area contributed by atoms with E-state index in [4.69, 9.17) is 0 Å². The van der Waals surface area contributed by atoms with E-state index in [1.165, 1.54) is 18.4 Å². The van der Waals surface area contributed by atoms with Gasteiger partial charge in [0, 0.05) is 36.8 Å². The molecule has 2 fully saturated rings. The summed E-state index contributed by atoms with van der Waals surface area (Å²) in [6.45, 7) is 2.86. The van der Waals surface area contributed by atoms with E-state index < -0.39 is 0 Å². The highest BCUT2D eigenvalue weighted by molar-refractivity contribution is 5.97. The molecule has 1 amide bonds.